The van der Waals surface area contributed by atoms with Gasteiger partial charge in [-0.05, 0) is 24.5 Å². The smallest absolute Gasteiger partial charge is 0.0948 e. The Kier molecular flexibility index (Phi) is 4.08. The zero-order valence-electron chi connectivity index (χ0n) is 10.2. The van der Waals surface area contributed by atoms with Gasteiger partial charge in [0.25, 0.3) is 0 Å². The summed E-state index contributed by atoms with van der Waals surface area (Å²) in [5, 5.41) is 11.4. The second-order valence-corrected chi connectivity index (χ2v) is 5.25. The topological polar surface area (TPSA) is 29.5 Å². The minimum Gasteiger partial charge on any atom is -0.387 e. The van der Waals surface area contributed by atoms with Crippen molar-refractivity contribution in [2.75, 3.05) is 7.11 Å². The Morgan fingerprint density at radius 2 is 2.18 bits per heavy atom. The summed E-state index contributed by atoms with van der Waals surface area (Å²) >= 11 is 6.14. The van der Waals surface area contributed by atoms with Crippen LogP contribution >= 0.6 is 11.6 Å². The summed E-state index contributed by atoms with van der Waals surface area (Å²) in [7, 11) is 1.67. The first-order chi connectivity index (χ1) is 8.15. The van der Waals surface area contributed by atoms with E-state index in [1.165, 1.54) is 0 Å². The Morgan fingerprint density at radius 1 is 1.41 bits per heavy atom. The number of benzene rings is 1. The lowest BCUT2D eigenvalue weighted by Gasteiger charge is -2.39. The van der Waals surface area contributed by atoms with E-state index in [2.05, 4.69) is 0 Å². The molecule has 1 aromatic rings. The van der Waals surface area contributed by atoms with E-state index in [0.29, 0.717) is 6.42 Å². The van der Waals surface area contributed by atoms with Crippen LogP contribution in [0.15, 0.2) is 24.3 Å². The molecule has 1 N–H and O–H groups in total. The number of rotatable bonds is 3. The largest absolute Gasteiger partial charge is 0.387 e. The van der Waals surface area contributed by atoms with Gasteiger partial charge in [0.2, 0.25) is 0 Å². The molecule has 17 heavy (non-hydrogen) atoms. The van der Waals surface area contributed by atoms with Gasteiger partial charge >= 0.3 is 0 Å². The van der Waals surface area contributed by atoms with E-state index in [9.17, 15) is 5.11 Å². The minimum atomic E-state index is -0.766. The van der Waals surface area contributed by atoms with E-state index < -0.39 is 5.60 Å². The van der Waals surface area contributed by atoms with E-state index in [-0.39, 0.29) is 6.10 Å². The highest BCUT2D eigenvalue weighted by Crippen LogP contribution is 2.34. The molecular formula is C14H19ClO2. The van der Waals surface area contributed by atoms with Crippen molar-refractivity contribution in [3.05, 3.63) is 34.9 Å². The summed E-state index contributed by atoms with van der Waals surface area (Å²) in [6, 6.07) is 7.70. The molecule has 2 nitrogen and oxygen atoms in total. The van der Waals surface area contributed by atoms with Gasteiger partial charge in [-0.3, -0.25) is 0 Å². The van der Waals surface area contributed by atoms with Crippen molar-refractivity contribution in [3.8, 4) is 0 Å². The lowest BCUT2D eigenvalue weighted by Crippen LogP contribution is -2.47. The quantitative estimate of drug-likeness (QED) is 0.898. The van der Waals surface area contributed by atoms with E-state index in [1.807, 2.05) is 24.3 Å². The van der Waals surface area contributed by atoms with Gasteiger partial charge in [0, 0.05) is 18.6 Å². The van der Waals surface area contributed by atoms with Crippen molar-refractivity contribution in [1.29, 1.82) is 0 Å². The Balaban J connectivity index is 2.18. The van der Waals surface area contributed by atoms with Gasteiger partial charge in [0.1, 0.15) is 0 Å². The zero-order chi connectivity index (χ0) is 12.3. The van der Waals surface area contributed by atoms with Crippen LogP contribution in [0.2, 0.25) is 5.02 Å². The van der Waals surface area contributed by atoms with Gasteiger partial charge in [0.05, 0.1) is 11.7 Å². The molecule has 2 rings (SSSR count). The molecule has 0 heterocycles. The highest BCUT2D eigenvalue weighted by atomic mass is 35.5. The number of ether oxygens (including phenoxy) is 1. The van der Waals surface area contributed by atoms with Crippen LogP contribution in [0.3, 0.4) is 0 Å². The minimum absolute atomic E-state index is 0.0764. The van der Waals surface area contributed by atoms with Gasteiger partial charge in [-0.2, -0.15) is 0 Å². The zero-order valence-corrected chi connectivity index (χ0v) is 10.9. The first-order valence-electron chi connectivity index (χ1n) is 6.14. The number of aliphatic hydroxyl groups is 1. The molecule has 0 radical (unpaired) electrons. The molecule has 0 amide bonds. The van der Waals surface area contributed by atoms with Crippen molar-refractivity contribution in [1.82, 2.24) is 0 Å². The molecule has 1 saturated carbocycles. The molecule has 0 saturated heterocycles. The molecule has 0 spiro atoms. The summed E-state index contributed by atoms with van der Waals surface area (Å²) in [5.74, 6) is 0. The average molecular weight is 255 g/mol. The third kappa shape index (κ3) is 2.82. The summed E-state index contributed by atoms with van der Waals surface area (Å²) in [4.78, 5) is 0. The average Bonchev–Trinajstić information content (AvgIpc) is 2.32. The first kappa shape index (κ1) is 12.9. The number of hydrogen-bond donors (Lipinski definition) is 1. The number of methoxy groups -OCH3 is 1. The third-order valence-electron chi connectivity index (χ3n) is 3.66. The molecule has 94 valence electrons. The lowest BCUT2D eigenvalue weighted by atomic mass is 9.78. The SMILES string of the molecule is COC1CCCCC1(O)Cc1ccccc1Cl. The highest BCUT2D eigenvalue weighted by Gasteiger charge is 2.39. The Labute approximate surface area is 108 Å². The molecule has 1 fully saturated rings. The fourth-order valence-corrected chi connectivity index (χ4v) is 2.90. The normalized spacial score (nSPS) is 29.2. The Morgan fingerprint density at radius 3 is 2.88 bits per heavy atom. The van der Waals surface area contributed by atoms with Crippen molar-refractivity contribution in [2.45, 2.75) is 43.8 Å². The molecular weight excluding hydrogens is 236 g/mol. The maximum Gasteiger partial charge on any atom is 0.0948 e. The molecule has 0 aromatic heterocycles. The number of hydrogen-bond acceptors (Lipinski definition) is 2. The predicted octanol–water partition coefficient (Wildman–Crippen LogP) is 3.20. The van der Waals surface area contributed by atoms with Crippen LogP contribution in [0.5, 0.6) is 0 Å². The van der Waals surface area contributed by atoms with Crippen LogP contribution in [0.4, 0.5) is 0 Å². The highest BCUT2D eigenvalue weighted by molar-refractivity contribution is 6.31. The monoisotopic (exact) mass is 254 g/mol. The molecule has 1 aliphatic carbocycles. The molecule has 1 aromatic carbocycles. The van der Waals surface area contributed by atoms with E-state index >= 15 is 0 Å². The third-order valence-corrected chi connectivity index (χ3v) is 4.03. The van der Waals surface area contributed by atoms with Crippen LogP contribution in [0.1, 0.15) is 31.2 Å². The van der Waals surface area contributed by atoms with E-state index in [0.717, 1.165) is 36.3 Å². The molecule has 1 aliphatic rings. The van der Waals surface area contributed by atoms with Crippen molar-refractivity contribution in [2.24, 2.45) is 0 Å². The maximum absolute atomic E-state index is 10.7. The molecule has 0 bridgehead atoms. The Hall–Kier alpha value is -0.570. The Bertz CT molecular complexity index is 380. The summed E-state index contributed by atoms with van der Waals surface area (Å²) < 4.78 is 5.43. The molecule has 2 unspecified atom stereocenters. The van der Waals surface area contributed by atoms with Crippen LogP contribution in [0.25, 0.3) is 0 Å². The molecule has 2 atom stereocenters. The van der Waals surface area contributed by atoms with Crippen LogP contribution in [0, 0.1) is 0 Å². The standard InChI is InChI=1S/C14H19ClO2/c1-17-13-8-4-5-9-14(13,16)10-11-6-2-3-7-12(11)15/h2-3,6-7,13,16H,4-5,8-10H2,1H3. The van der Waals surface area contributed by atoms with Crippen molar-refractivity contribution < 1.29 is 9.84 Å². The van der Waals surface area contributed by atoms with Crippen molar-refractivity contribution in [3.63, 3.8) is 0 Å². The van der Waals surface area contributed by atoms with E-state index in [1.54, 1.807) is 7.11 Å². The first-order valence-corrected chi connectivity index (χ1v) is 6.52. The fraction of sp³-hybridized carbons (Fsp3) is 0.571. The molecule has 3 heteroatoms. The van der Waals surface area contributed by atoms with Gasteiger partial charge in [-0.15, -0.1) is 0 Å². The summed E-state index contributed by atoms with van der Waals surface area (Å²) in [6.45, 7) is 0. The summed E-state index contributed by atoms with van der Waals surface area (Å²) in [5.41, 5.74) is 0.235. The molecule has 0 aliphatic heterocycles. The van der Waals surface area contributed by atoms with Crippen LogP contribution < -0.4 is 0 Å². The second-order valence-electron chi connectivity index (χ2n) is 4.84. The number of halogens is 1. The fourth-order valence-electron chi connectivity index (χ4n) is 2.70. The lowest BCUT2D eigenvalue weighted by molar-refractivity contribution is -0.116. The van der Waals surface area contributed by atoms with Gasteiger partial charge in [-0.1, -0.05) is 42.6 Å². The van der Waals surface area contributed by atoms with Gasteiger partial charge in [0.15, 0.2) is 0 Å². The summed E-state index contributed by atoms with van der Waals surface area (Å²) in [6.07, 6.45) is 4.40. The van der Waals surface area contributed by atoms with Crippen LogP contribution in [-0.2, 0) is 11.2 Å². The van der Waals surface area contributed by atoms with Crippen molar-refractivity contribution >= 4 is 11.6 Å². The van der Waals surface area contributed by atoms with E-state index in [4.69, 9.17) is 16.3 Å². The second kappa shape index (κ2) is 5.38. The maximum atomic E-state index is 10.7. The van der Waals surface area contributed by atoms with Gasteiger partial charge in [-0.25, -0.2) is 0 Å². The predicted molar refractivity (Wildman–Crippen MR) is 69.4 cm³/mol. The van der Waals surface area contributed by atoms with Gasteiger partial charge < -0.3 is 9.84 Å². The van der Waals surface area contributed by atoms with Crippen LogP contribution in [-0.4, -0.2) is 23.9 Å².